The molecule has 5 rings (SSSR count). The molecular weight excluding hydrogens is 419 g/mol. The van der Waals surface area contributed by atoms with Crippen molar-refractivity contribution in [1.82, 2.24) is 9.80 Å². The third kappa shape index (κ3) is 3.99. The van der Waals surface area contributed by atoms with Gasteiger partial charge in [0.2, 0.25) is 5.91 Å². The minimum absolute atomic E-state index is 0.0465. The number of rotatable bonds is 5. The molecule has 2 amide bonds. The molecule has 2 aliphatic heterocycles. The predicted molar refractivity (Wildman–Crippen MR) is 126 cm³/mol. The maximum Gasteiger partial charge on any atom is 0.256 e. The Bertz CT molecular complexity index is 1080. The van der Waals surface area contributed by atoms with Gasteiger partial charge in [-0.05, 0) is 68.1 Å². The highest BCUT2D eigenvalue weighted by Gasteiger charge is 2.50. The van der Waals surface area contributed by atoms with E-state index in [4.69, 9.17) is 5.73 Å². The Balaban J connectivity index is 1.53. The molecule has 3 aliphatic rings. The van der Waals surface area contributed by atoms with Crippen LogP contribution in [0.2, 0.25) is 0 Å². The van der Waals surface area contributed by atoms with Crippen LogP contribution in [0, 0.1) is 5.82 Å². The van der Waals surface area contributed by atoms with Crippen LogP contribution in [0.15, 0.2) is 42.5 Å². The minimum Gasteiger partial charge on any atom is -0.371 e. The van der Waals surface area contributed by atoms with E-state index in [9.17, 15) is 14.0 Å². The number of nitrogens with zero attached hydrogens (tertiary/aromatic N) is 3. The molecule has 0 aromatic heterocycles. The zero-order chi connectivity index (χ0) is 23.2. The highest BCUT2D eigenvalue weighted by molar-refractivity contribution is 6.01. The second kappa shape index (κ2) is 8.45. The van der Waals surface area contributed by atoms with Crippen molar-refractivity contribution in [3.8, 4) is 0 Å². The second-order valence-corrected chi connectivity index (χ2v) is 9.70. The van der Waals surface area contributed by atoms with Gasteiger partial charge in [-0.25, -0.2) is 4.39 Å². The zero-order valence-corrected chi connectivity index (χ0v) is 19.1. The third-order valence-corrected chi connectivity index (χ3v) is 7.53. The number of primary amides is 1. The summed E-state index contributed by atoms with van der Waals surface area (Å²) in [5, 5.41) is 0. The van der Waals surface area contributed by atoms with E-state index in [-0.39, 0.29) is 23.7 Å². The molecule has 1 atom stereocenters. The van der Waals surface area contributed by atoms with E-state index in [1.54, 1.807) is 6.07 Å². The molecule has 1 unspecified atom stereocenters. The monoisotopic (exact) mass is 450 g/mol. The molecular formula is C26H31FN4O2. The number of nitrogens with two attached hydrogens (primary N) is 1. The number of likely N-dealkylation sites (N-methyl/N-ethyl adjacent to an activating group) is 1. The van der Waals surface area contributed by atoms with Crippen molar-refractivity contribution in [3.63, 3.8) is 0 Å². The third-order valence-electron chi connectivity index (χ3n) is 7.53. The van der Waals surface area contributed by atoms with Gasteiger partial charge in [0.05, 0.1) is 17.0 Å². The SMILES string of the molecule is CN1CCN(C(=O)c2ccc(C3(C(N)=O)CC3)cc2N2CCCC2)C(c2cccc(F)c2)C1. The van der Waals surface area contributed by atoms with Gasteiger partial charge in [0.1, 0.15) is 5.82 Å². The molecule has 3 fully saturated rings. The van der Waals surface area contributed by atoms with Gasteiger partial charge in [0.15, 0.2) is 0 Å². The fourth-order valence-corrected chi connectivity index (χ4v) is 5.35. The summed E-state index contributed by atoms with van der Waals surface area (Å²) in [7, 11) is 2.03. The van der Waals surface area contributed by atoms with Crippen molar-refractivity contribution < 1.29 is 14.0 Å². The molecule has 7 heteroatoms. The summed E-state index contributed by atoms with van der Waals surface area (Å²) in [4.78, 5) is 32.4. The van der Waals surface area contributed by atoms with E-state index in [0.29, 0.717) is 18.7 Å². The highest BCUT2D eigenvalue weighted by atomic mass is 19.1. The summed E-state index contributed by atoms with van der Waals surface area (Å²) in [6, 6.07) is 12.1. The highest BCUT2D eigenvalue weighted by Crippen LogP contribution is 2.49. The van der Waals surface area contributed by atoms with E-state index in [1.807, 2.05) is 36.2 Å². The van der Waals surface area contributed by atoms with Gasteiger partial charge in [-0.1, -0.05) is 18.2 Å². The lowest BCUT2D eigenvalue weighted by molar-refractivity contribution is -0.120. The van der Waals surface area contributed by atoms with Crippen LogP contribution in [0.4, 0.5) is 10.1 Å². The fraction of sp³-hybridized carbons (Fsp3) is 0.462. The first-order valence-corrected chi connectivity index (χ1v) is 11.8. The van der Waals surface area contributed by atoms with E-state index >= 15 is 0 Å². The van der Waals surface area contributed by atoms with Crippen molar-refractivity contribution in [1.29, 1.82) is 0 Å². The molecule has 1 aliphatic carbocycles. The molecule has 33 heavy (non-hydrogen) atoms. The minimum atomic E-state index is -0.589. The van der Waals surface area contributed by atoms with Gasteiger partial charge in [-0.2, -0.15) is 0 Å². The van der Waals surface area contributed by atoms with Gasteiger partial charge in [0, 0.05) is 38.4 Å². The number of amides is 2. The van der Waals surface area contributed by atoms with E-state index in [2.05, 4.69) is 9.80 Å². The molecule has 0 radical (unpaired) electrons. The summed E-state index contributed by atoms with van der Waals surface area (Å²) >= 11 is 0. The van der Waals surface area contributed by atoms with Gasteiger partial charge in [-0.15, -0.1) is 0 Å². The smallest absolute Gasteiger partial charge is 0.256 e. The van der Waals surface area contributed by atoms with Crippen LogP contribution in [-0.4, -0.2) is 61.4 Å². The Morgan fingerprint density at radius 1 is 1.03 bits per heavy atom. The number of carbonyl (C=O) groups is 2. The molecule has 1 saturated carbocycles. The lowest BCUT2D eigenvalue weighted by Crippen LogP contribution is -2.49. The second-order valence-electron chi connectivity index (χ2n) is 9.70. The average molecular weight is 451 g/mol. The van der Waals surface area contributed by atoms with Crippen LogP contribution in [-0.2, 0) is 10.2 Å². The van der Waals surface area contributed by atoms with Crippen molar-refractivity contribution in [2.75, 3.05) is 44.7 Å². The topological polar surface area (TPSA) is 69.9 Å². The maximum atomic E-state index is 14.0. The van der Waals surface area contributed by atoms with Crippen LogP contribution in [0.3, 0.4) is 0 Å². The van der Waals surface area contributed by atoms with Crippen molar-refractivity contribution in [2.24, 2.45) is 5.73 Å². The normalized spacial score (nSPS) is 22.4. The predicted octanol–water partition coefficient (Wildman–Crippen LogP) is 3.07. The molecule has 0 spiro atoms. The van der Waals surface area contributed by atoms with Gasteiger partial charge in [0.25, 0.3) is 5.91 Å². The Hall–Kier alpha value is -2.93. The summed E-state index contributed by atoms with van der Waals surface area (Å²) in [6.45, 7) is 3.77. The first-order valence-electron chi connectivity index (χ1n) is 11.8. The maximum absolute atomic E-state index is 14.0. The molecule has 2 aromatic carbocycles. The Morgan fingerprint density at radius 3 is 2.45 bits per heavy atom. The number of hydrogen-bond donors (Lipinski definition) is 1. The van der Waals surface area contributed by atoms with Gasteiger partial charge < -0.3 is 20.4 Å². The van der Waals surface area contributed by atoms with Gasteiger partial charge in [-0.3, -0.25) is 9.59 Å². The van der Waals surface area contributed by atoms with Crippen molar-refractivity contribution in [3.05, 3.63) is 65.0 Å². The number of carbonyl (C=O) groups excluding carboxylic acids is 2. The standard InChI is InChI=1S/C26H31FN4O2/c1-29-13-14-31(23(17-29)18-5-4-6-20(27)15-18)24(32)21-8-7-19(26(9-10-26)25(28)33)16-22(21)30-11-2-3-12-30/h4-8,15-16,23H,2-3,9-14,17H2,1H3,(H2,28,33). The van der Waals surface area contributed by atoms with E-state index in [0.717, 1.165) is 62.1 Å². The molecule has 2 N–H and O–H groups in total. The molecule has 174 valence electrons. The summed E-state index contributed by atoms with van der Waals surface area (Å²) in [5.41, 5.74) is 8.39. The van der Waals surface area contributed by atoms with Crippen molar-refractivity contribution >= 4 is 17.5 Å². The number of piperazine rings is 1. The lowest BCUT2D eigenvalue weighted by atomic mass is 9.92. The number of benzene rings is 2. The molecule has 0 bridgehead atoms. The lowest BCUT2D eigenvalue weighted by Gasteiger charge is -2.41. The molecule has 2 aromatic rings. The van der Waals surface area contributed by atoms with Crippen LogP contribution >= 0.6 is 0 Å². The average Bonchev–Trinajstić information content (AvgIpc) is 3.45. The molecule has 2 saturated heterocycles. The Kier molecular flexibility index (Phi) is 5.60. The first-order chi connectivity index (χ1) is 15.9. The largest absolute Gasteiger partial charge is 0.371 e. The van der Waals surface area contributed by atoms with Crippen molar-refractivity contribution in [2.45, 2.75) is 37.1 Å². The number of anilines is 1. The molecule has 6 nitrogen and oxygen atoms in total. The van der Waals surface area contributed by atoms with Crippen LogP contribution in [0.25, 0.3) is 0 Å². The Morgan fingerprint density at radius 2 is 1.79 bits per heavy atom. The summed E-state index contributed by atoms with van der Waals surface area (Å²) in [5.74, 6) is -0.634. The Labute approximate surface area is 194 Å². The van der Waals surface area contributed by atoms with E-state index in [1.165, 1.54) is 12.1 Å². The molecule has 2 heterocycles. The van der Waals surface area contributed by atoms with Crippen LogP contribution in [0.1, 0.15) is 53.2 Å². The van der Waals surface area contributed by atoms with Crippen LogP contribution in [0.5, 0.6) is 0 Å². The zero-order valence-electron chi connectivity index (χ0n) is 19.1. The summed E-state index contributed by atoms with van der Waals surface area (Å²) in [6.07, 6.45) is 3.68. The first kappa shape index (κ1) is 21.9. The quantitative estimate of drug-likeness (QED) is 0.760. The number of halogens is 1. The summed E-state index contributed by atoms with van der Waals surface area (Å²) < 4.78 is 14.0. The van der Waals surface area contributed by atoms with Crippen LogP contribution < -0.4 is 10.6 Å². The van der Waals surface area contributed by atoms with Gasteiger partial charge >= 0.3 is 0 Å². The number of hydrogen-bond acceptors (Lipinski definition) is 4. The van der Waals surface area contributed by atoms with E-state index < -0.39 is 5.41 Å². The fourth-order valence-electron chi connectivity index (χ4n) is 5.35.